The van der Waals surface area contributed by atoms with Gasteiger partial charge in [0.25, 0.3) is 0 Å². The molecule has 1 heterocycles. The number of esters is 1. The molecule has 0 spiro atoms. The van der Waals surface area contributed by atoms with Gasteiger partial charge >= 0.3 is 5.97 Å². The highest BCUT2D eigenvalue weighted by Gasteiger charge is 2.18. The van der Waals surface area contributed by atoms with Crippen molar-refractivity contribution in [3.05, 3.63) is 40.6 Å². The number of thiophene rings is 1. The van der Waals surface area contributed by atoms with Gasteiger partial charge in [0, 0.05) is 10.3 Å². The van der Waals surface area contributed by atoms with Gasteiger partial charge in [-0.2, -0.15) is 0 Å². The number of methoxy groups -OCH3 is 1. The first-order valence-corrected chi connectivity index (χ1v) is 6.53. The van der Waals surface area contributed by atoms with Gasteiger partial charge < -0.3 is 9.84 Å². The summed E-state index contributed by atoms with van der Waals surface area (Å²) < 4.78 is 4.58. The van der Waals surface area contributed by atoms with Crippen LogP contribution in [0.4, 0.5) is 0 Å². The van der Waals surface area contributed by atoms with Gasteiger partial charge in [-0.05, 0) is 12.1 Å². The van der Waals surface area contributed by atoms with Crippen LogP contribution in [0.25, 0.3) is 0 Å². The second-order valence-electron chi connectivity index (χ2n) is 3.18. The van der Waals surface area contributed by atoms with E-state index in [4.69, 9.17) is 0 Å². The van der Waals surface area contributed by atoms with E-state index in [2.05, 4.69) is 4.74 Å². The van der Waals surface area contributed by atoms with Gasteiger partial charge in [-0.1, -0.05) is 30.0 Å². The van der Waals surface area contributed by atoms with Crippen LogP contribution in [-0.4, -0.2) is 18.2 Å². The van der Waals surface area contributed by atoms with Crippen LogP contribution in [0.1, 0.15) is 9.67 Å². The lowest BCUT2D eigenvalue weighted by atomic mass is 10.4. The molecule has 0 bridgehead atoms. The molecule has 0 atom stereocenters. The first kappa shape index (κ1) is 12.0. The minimum absolute atomic E-state index is 0.00398. The minimum Gasteiger partial charge on any atom is -0.505 e. The summed E-state index contributed by atoms with van der Waals surface area (Å²) in [7, 11) is 1.30. The quantitative estimate of drug-likeness (QED) is 0.865. The highest BCUT2D eigenvalue weighted by atomic mass is 32.2. The summed E-state index contributed by atoms with van der Waals surface area (Å²) in [5.41, 5.74) is 0. The zero-order valence-electron chi connectivity index (χ0n) is 9.04. The molecular weight excluding hydrogens is 256 g/mol. The molecule has 2 rings (SSSR count). The smallest absolute Gasteiger partial charge is 0.351 e. The zero-order chi connectivity index (χ0) is 12.3. The van der Waals surface area contributed by atoms with Crippen LogP contribution in [0, 0.1) is 0 Å². The molecule has 0 fully saturated rings. The molecule has 1 aromatic heterocycles. The number of hydrogen-bond donors (Lipinski definition) is 1. The molecule has 0 saturated carbocycles. The van der Waals surface area contributed by atoms with E-state index < -0.39 is 5.97 Å². The van der Waals surface area contributed by atoms with E-state index in [0.29, 0.717) is 4.90 Å². The number of carbonyl (C=O) groups is 1. The van der Waals surface area contributed by atoms with Gasteiger partial charge in [0.05, 0.1) is 12.0 Å². The maximum atomic E-state index is 11.3. The van der Waals surface area contributed by atoms with Crippen molar-refractivity contribution in [2.45, 2.75) is 9.79 Å². The van der Waals surface area contributed by atoms with Crippen molar-refractivity contribution < 1.29 is 14.6 Å². The second kappa shape index (κ2) is 5.25. The van der Waals surface area contributed by atoms with Crippen molar-refractivity contribution in [3.63, 3.8) is 0 Å². The summed E-state index contributed by atoms with van der Waals surface area (Å²) in [5.74, 6) is -0.511. The van der Waals surface area contributed by atoms with Gasteiger partial charge in [-0.25, -0.2) is 4.79 Å². The number of aromatic hydroxyl groups is 1. The van der Waals surface area contributed by atoms with Gasteiger partial charge in [0.15, 0.2) is 10.6 Å². The summed E-state index contributed by atoms with van der Waals surface area (Å²) in [6, 6.07) is 9.66. The molecule has 0 radical (unpaired) electrons. The lowest BCUT2D eigenvalue weighted by Crippen LogP contribution is -1.97. The Morgan fingerprint density at radius 3 is 2.71 bits per heavy atom. The molecule has 5 heteroatoms. The fraction of sp³-hybridized carbons (Fsp3) is 0.0833. The monoisotopic (exact) mass is 266 g/mol. The van der Waals surface area contributed by atoms with Gasteiger partial charge in [-0.15, -0.1) is 11.3 Å². The summed E-state index contributed by atoms with van der Waals surface area (Å²) in [6.45, 7) is 0. The Balaban J connectivity index is 2.24. The fourth-order valence-corrected chi connectivity index (χ4v) is 3.15. The van der Waals surface area contributed by atoms with Gasteiger partial charge in [-0.3, -0.25) is 0 Å². The maximum absolute atomic E-state index is 11.3. The largest absolute Gasteiger partial charge is 0.505 e. The Morgan fingerprint density at radius 2 is 2.06 bits per heavy atom. The summed E-state index contributed by atoms with van der Waals surface area (Å²) in [6.07, 6.45) is 0. The summed E-state index contributed by atoms with van der Waals surface area (Å²) in [4.78, 5) is 13.2. The molecule has 0 aliphatic heterocycles. The number of carbonyl (C=O) groups excluding carboxylic acids is 1. The van der Waals surface area contributed by atoms with E-state index in [1.54, 1.807) is 5.38 Å². The Morgan fingerprint density at radius 1 is 1.35 bits per heavy atom. The Labute approximate surface area is 107 Å². The predicted molar refractivity (Wildman–Crippen MR) is 67.9 cm³/mol. The maximum Gasteiger partial charge on any atom is 0.351 e. The molecule has 1 aromatic carbocycles. The molecular formula is C12H10O3S2. The molecule has 0 saturated heterocycles. The molecule has 2 aromatic rings. The second-order valence-corrected chi connectivity index (χ2v) is 5.18. The van der Waals surface area contributed by atoms with E-state index in [0.717, 1.165) is 4.90 Å². The number of ether oxygens (including phenoxy) is 1. The highest BCUT2D eigenvalue weighted by Crippen LogP contribution is 2.40. The van der Waals surface area contributed by atoms with Crippen molar-refractivity contribution in [1.29, 1.82) is 0 Å². The standard InChI is InChI=1S/C12H10O3S2/c1-15-12(14)11-10(13)9(7-16-11)17-8-5-3-2-4-6-8/h2-7,13H,1H3. The third kappa shape index (κ3) is 2.62. The Kier molecular flexibility index (Phi) is 3.71. The molecule has 1 N–H and O–H groups in total. The highest BCUT2D eigenvalue weighted by molar-refractivity contribution is 7.99. The van der Waals surface area contributed by atoms with Crippen LogP contribution in [-0.2, 0) is 4.74 Å². The molecule has 0 aliphatic rings. The van der Waals surface area contributed by atoms with Crippen molar-refractivity contribution in [2.24, 2.45) is 0 Å². The van der Waals surface area contributed by atoms with Crippen molar-refractivity contribution in [1.82, 2.24) is 0 Å². The number of rotatable bonds is 3. The van der Waals surface area contributed by atoms with E-state index in [9.17, 15) is 9.90 Å². The van der Waals surface area contributed by atoms with Crippen LogP contribution >= 0.6 is 23.1 Å². The third-order valence-corrected chi connectivity index (χ3v) is 4.21. The van der Waals surface area contributed by atoms with Crippen molar-refractivity contribution in [3.8, 4) is 5.75 Å². The molecule has 17 heavy (non-hydrogen) atoms. The first-order chi connectivity index (χ1) is 8.22. The third-order valence-electron chi connectivity index (χ3n) is 2.07. The summed E-state index contributed by atoms with van der Waals surface area (Å²) >= 11 is 2.60. The lowest BCUT2D eigenvalue weighted by molar-refractivity contribution is 0.0603. The topological polar surface area (TPSA) is 46.5 Å². The van der Waals surface area contributed by atoms with Crippen molar-refractivity contribution >= 4 is 29.1 Å². The Hall–Kier alpha value is -1.46. The van der Waals surface area contributed by atoms with Crippen LogP contribution in [0.15, 0.2) is 45.5 Å². The lowest BCUT2D eigenvalue weighted by Gasteiger charge is -2.00. The normalized spacial score (nSPS) is 10.2. The van der Waals surface area contributed by atoms with Crippen LogP contribution in [0.3, 0.4) is 0 Å². The molecule has 0 amide bonds. The molecule has 0 aliphatic carbocycles. The predicted octanol–water partition coefficient (Wildman–Crippen LogP) is 3.39. The van der Waals surface area contributed by atoms with Crippen LogP contribution < -0.4 is 0 Å². The van der Waals surface area contributed by atoms with E-state index in [-0.39, 0.29) is 10.6 Å². The van der Waals surface area contributed by atoms with E-state index in [1.807, 2.05) is 30.3 Å². The van der Waals surface area contributed by atoms with E-state index >= 15 is 0 Å². The van der Waals surface area contributed by atoms with Crippen LogP contribution in [0.5, 0.6) is 5.75 Å². The zero-order valence-corrected chi connectivity index (χ0v) is 10.7. The van der Waals surface area contributed by atoms with Crippen LogP contribution in [0.2, 0.25) is 0 Å². The first-order valence-electron chi connectivity index (χ1n) is 4.84. The Bertz CT molecular complexity index is 520. The molecule has 0 unspecified atom stereocenters. The average Bonchev–Trinajstić information content (AvgIpc) is 2.72. The fourth-order valence-electron chi connectivity index (χ4n) is 1.26. The molecule has 3 nitrogen and oxygen atoms in total. The number of hydrogen-bond acceptors (Lipinski definition) is 5. The van der Waals surface area contributed by atoms with E-state index in [1.165, 1.54) is 30.2 Å². The minimum atomic E-state index is -0.507. The van der Waals surface area contributed by atoms with Gasteiger partial charge in [0.1, 0.15) is 0 Å². The summed E-state index contributed by atoms with van der Waals surface area (Å²) in [5, 5.41) is 11.6. The average molecular weight is 266 g/mol. The van der Waals surface area contributed by atoms with Gasteiger partial charge in [0.2, 0.25) is 0 Å². The molecule has 88 valence electrons. The SMILES string of the molecule is COC(=O)c1scc(Sc2ccccc2)c1O. The number of benzene rings is 1. The van der Waals surface area contributed by atoms with Crippen molar-refractivity contribution in [2.75, 3.05) is 7.11 Å².